The molecule has 0 heterocycles. The first-order chi connectivity index (χ1) is 4.98. The fourth-order valence-corrected chi connectivity index (χ4v) is 0.427. The molecule has 0 aliphatic rings. The van der Waals surface area contributed by atoms with Crippen LogP contribution in [0.25, 0.3) is 0 Å². The largest absolute Gasteiger partial charge is 0.380 e. The minimum Gasteiger partial charge on any atom is -0.380 e. The van der Waals surface area contributed by atoms with Gasteiger partial charge in [-0.15, -0.1) is 0 Å². The Morgan fingerprint density at radius 2 is 2.00 bits per heavy atom. The molecule has 1 atom stereocenters. The average molecular weight is 156 g/mol. The van der Waals surface area contributed by atoms with E-state index in [1.54, 1.807) is 7.11 Å². The monoisotopic (exact) mass is 156 g/mol. The molecule has 0 radical (unpaired) electrons. The molecule has 0 saturated heterocycles. The quantitative estimate of drug-likeness (QED) is 0.575. The van der Waals surface area contributed by atoms with Gasteiger partial charge in [0.15, 0.2) is 0 Å². The van der Waals surface area contributed by atoms with E-state index in [-0.39, 0.29) is 5.41 Å². The molecule has 0 aromatic carbocycles. The zero-order valence-corrected chi connectivity index (χ0v) is 7.64. The molecule has 0 aromatic rings. The minimum atomic E-state index is -0.572. The fraction of sp³-hybridized carbons (Fsp3) is 0.778. The van der Waals surface area contributed by atoms with Crippen LogP contribution in [0.2, 0.25) is 0 Å². The number of aliphatic hydroxyl groups is 1. The van der Waals surface area contributed by atoms with Crippen LogP contribution >= 0.6 is 0 Å². The Labute approximate surface area is 68.6 Å². The normalized spacial score (nSPS) is 13.5. The molecule has 0 amide bonds. The van der Waals surface area contributed by atoms with Crippen LogP contribution in [0.4, 0.5) is 0 Å². The maximum atomic E-state index is 9.38. The first-order valence-electron chi connectivity index (χ1n) is 3.64. The first kappa shape index (κ1) is 10.5. The summed E-state index contributed by atoms with van der Waals surface area (Å²) in [6.07, 6.45) is -0.572. The lowest BCUT2D eigenvalue weighted by Gasteiger charge is -2.20. The maximum Gasteiger partial charge on any atom is 0.119 e. The Kier molecular flexibility index (Phi) is 4.17. The van der Waals surface area contributed by atoms with Crippen molar-refractivity contribution in [3.63, 3.8) is 0 Å². The van der Waals surface area contributed by atoms with Crippen LogP contribution in [-0.2, 0) is 4.74 Å². The SMILES string of the molecule is COCC#CC(O)C(C)(C)C. The van der Waals surface area contributed by atoms with Crippen LogP contribution in [0.5, 0.6) is 0 Å². The number of hydrogen-bond acceptors (Lipinski definition) is 2. The summed E-state index contributed by atoms with van der Waals surface area (Å²) in [6, 6.07) is 0. The molecular weight excluding hydrogens is 140 g/mol. The van der Waals surface area contributed by atoms with Gasteiger partial charge in [-0.25, -0.2) is 0 Å². The number of aliphatic hydroxyl groups excluding tert-OH is 1. The van der Waals surface area contributed by atoms with Gasteiger partial charge in [-0.2, -0.15) is 0 Å². The molecule has 0 rings (SSSR count). The van der Waals surface area contributed by atoms with Gasteiger partial charge in [-0.05, 0) is 5.41 Å². The second kappa shape index (κ2) is 4.38. The lowest BCUT2D eigenvalue weighted by molar-refractivity contribution is 0.113. The standard InChI is InChI=1S/C9H16O2/c1-9(2,3)8(10)6-5-7-11-4/h8,10H,7H2,1-4H3. The zero-order valence-electron chi connectivity index (χ0n) is 7.64. The summed E-state index contributed by atoms with van der Waals surface area (Å²) in [6.45, 7) is 6.21. The van der Waals surface area contributed by atoms with Gasteiger partial charge in [0.1, 0.15) is 12.7 Å². The summed E-state index contributed by atoms with van der Waals surface area (Å²) < 4.78 is 4.72. The minimum absolute atomic E-state index is 0.166. The first-order valence-corrected chi connectivity index (χ1v) is 3.64. The summed E-state index contributed by atoms with van der Waals surface area (Å²) in [5.41, 5.74) is -0.166. The van der Waals surface area contributed by atoms with Crippen LogP contribution in [0.1, 0.15) is 20.8 Å². The molecule has 0 aliphatic carbocycles. The van der Waals surface area contributed by atoms with E-state index in [9.17, 15) is 5.11 Å². The Hall–Kier alpha value is -0.520. The van der Waals surface area contributed by atoms with Crippen molar-refractivity contribution in [1.82, 2.24) is 0 Å². The molecule has 0 bridgehead atoms. The van der Waals surface area contributed by atoms with E-state index in [1.165, 1.54) is 0 Å². The molecule has 0 fully saturated rings. The van der Waals surface area contributed by atoms with Gasteiger partial charge in [0, 0.05) is 7.11 Å². The summed E-state index contributed by atoms with van der Waals surface area (Å²) in [5, 5.41) is 9.38. The van der Waals surface area contributed by atoms with Crippen molar-refractivity contribution in [3.05, 3.63) is 0 Å². The predicted molar refractivity (Wildman–Crippen MR) is 45.1 cm³/mol. The molecule has 0 spiro atoms. The third-order valence-corrected chi connectivity index (χ3v) is 1.28. The second-order valence-corrected chi connectivity index (χ2v) is 3.52. The molecule has 0 saturated carbocycles. The maximum absolute atomic E-state index is 9.38. The molecular formula is C9H16O2. The van der Waals surface area contributed by atoms with Gasteiger partial charge in [0.05, 0.1) is 0 Å². The number of rotatable bonds is 1. The van der Waals surface area contributed by atoms with E-state index in [0.29, 0.717) is 6.61 Å². The van der Waals surface area contributed by atoms with Gasteiger partial charge >= 0.3 is 0 Å². The Morgan fingerprint density at radius 3 is 2.36 bits per heavy atom. The van der Waals surface area contributed by atoms with Gasteiger partial charge < -0.3 is 9.84 Å². The molecule has 0 aromatic heterocycles. The van der Waals surface area contributed by atoms with Gasteiger partial charge in [0.25, 0.3) is 0 Å². The summed E-state index contributed by atoms with van der Waals surface area (Å²) in [7, 11) is 1.58. The molecule has 2 heteroatoms. The van der Waals surface area contributed by atoms with Crippen LogP contribution in [0, 0.1) is 17.3 Å². The van der Waals surface area contributed by atoms with E-state index in [0.717, 1.165) is 0 Å². The van der Waals surface area contributed by atoms with E-state index < -0.39 is 6.10 Å². The fourth-order valence-electron chi connectivity index (χ4n) is 0.427. The van der Waals surface area contributed by atoms with Crippen molar-refractivity contribution >= 4 is 0 Å². The molecule has 11 heavy (non-hydrogen) atoms. The van der Waals surface area contributed by atoms with E-state index in [2.05, 4.69) is 11.8 Å². The molecule has 2 nitrogen and oxygen atoms in total. The highest BCUT2D eigenvalue weighted by Crippen LogP contribution is 2.17. The third-order valence-electron chi connectivity index (χ3n) is 1.28. The summed E-state index contributed by atoms with van der Waals surface area (Å²) in [5.74, 6) is 5.42. The average Bonchev–Trinajstić information content (AvgIpc) is 1.86. The Morgan fingerprint density at radius 1 is 1.45 bits per heavy atom. The number of hydrogen-bond donors (Lipinski definition) is 1. The third kappa shape index (κ3) is 4.83. The van der Waals surface area contributed by atoms with Crippen LogP contribution in [-0.4, -0.2) is 24.9 Å². The lowest BCUT2D eigenvalue weighted by Crippen LogP contribution is -2.24. The topological polar surface area (TPSA) is 29.5 Å². The van der Waals surface area contributed by atoms with E-state index >= 15 is 0 Å². The van der Waals surface area contributed by atoms with Crippen molar-refractivity contribution in [1.29, 1.82) is 0 Å². The van der Waals surface area contributed by atoms with Gasteiger partial charge in [-0.1, -0.05) is 32.6 Å². The van der Waals surface area contributed by atoms with Crippen LogP contribution in [0.15, 0.2) is 0 Å². The molecule has 64 valence electrons. The molecule has 1 unspecified atom stereocenters. The highest BCUT2D eigenvalue weighted by molar-refractivity contribution is 5.08. The van der Waals surface area contributed by atoms with Crippen molar-refractivity contribution < 1.29 is 9.84 Å². The van der Waals surface area contributed by atoms with Crippen LogP contribution < -0.4 is 0 Å². The Balaban J connectivity index is 3.89. The second-order valence-electron chi connectivity index (χ2n) is 3.52. The van der Waals surface area contributed by atoms with E-state index in [4.69, 9.17) is 4.74 Å². The summed E-state index contributed by atoms with van der Waals surface area (Å²) >= 11 is 0. The number of methoxy groups -OCH3 is 1. The van der Waals surface area contributed by atoms with Crippen molar-refractivity contribution in [2.75, 3.05) is 13.7 Å². The lowest BCUT2D eigenvalue weighted by atomic mass is 9.90. The zero-order chi connectivity index (χ0) is 8.91. The van der Waals surface area contributed by atoms with Gasteiger partial charge in [-0.3, -0.25) is 0 Å². The van der Waals surface area contributed by atoms with E-state index in [1.807, 2.05) is 20.8 Å². The van der Waals surface area contributed by atoms with Crippen LogP contribution in [0.3, 0.4) is 0 Å². The Bertz CT molecular complexity index is 157. The number of ether oxygens (including phenoxy) is 1. The highest BCUT2D eigenvalue weighted by atomic mass is 16.5. The smallest absolute Gasteiger partial charge is 0.119 e. The highest BCUT2D eigenvalue weighted by Gasteiger charge is 2.19. The van der Waals surface area contributed by atoms with Crippen molar-refractivity contribution in [3.8, 4) is 11.8 Å². The molecule has 0 aliphatic heterocycles. The predicted octanol–water partition coefficient (Wildman–Crippen LogP) is 1.04. The van der Waals surface area contributed by atoms with Crippen molar-refractivity contribution in [2.45, 2.75) is 26.9 Å². The summed E-state index contributed by atoms with van der Waals surface area (Å²) in [4.78, 5) is 0. The van der Waals surface area contributed by atoms with Crippen molar-refractivity contribution in [2.24, 2.45) is 5.41 Å². The van der Waals surface area contributed by atoms with Gasteiger partial charge in [0.2, 0.25) is 0 Å². The molecule has 1 N–H and O–H groups in total.